The molecule has 3 aromatic carbocycles. The van der Waals surface area contributed by atoms with Crippen molar-refractivity contribution < 1.29 is 9.53 Å². The molecule has 32 heavy (non-hydrogen) atoms. The van der Waals surface area contributed by atoms with Crippen LogP contribution in [0.1, 0.15) is 57.6 Å². The van der Waals surface area contributed by atoms with Gasteiger partial charge in [0.1, 0.15) is 5.75 Å². The molecule has 0 spiro atoms. The Hall–Kier alpha value is -3.11. The van der Waals surface area contributed by atoms with Crippen LogP contribution >= 0.6 is 0 Å². The normalized spacial score (nSPS) is 14.5. The van der Waals surface area contributed by atoms with E-state index in [1.165, 1.54) is 16.7 Å². The Morgan fingerprint density at radius 3 is 2.50 bits per heavy atom. The third kappa shape index (κ3) is 5.03. The lowest BCUT2D eigenvalue weighted by molar-refractivity contribution is 0.0935. The third-order valence-electron chi connectivity index (χ3n) is 6.37. The molecule has 4 heteroatoms. The number of carbonyl (C=O) groups excluding carboxylic acids is 1. The van der Waals surface area contributed by atoms with Gasteiger partial charge in [-0.2, -0.15) is 0 Å². The fraction of sp³-hybridized carbons (Fsp3) is 0.321. The van der Waals surface area contributed by atoms with E-state index in [0.717, 1.165) is 49.4 Å². The second-order valence-corrected chi connectivity index (χ2v) is 8.59. The Morgan fingerprint density at radius 2 is 1.81 bits per heavy atom. The molecule has 1 aliphatic heterocycles. The quantitative estimate of drug-likeness (QED) is 0.545. The summed E-state index contributed by atoms with van der Waals surface area (Å²) in [4.78, 5) is 15.4. The second-order valence-electron chi connectivity index (χ2n) is 8.59. The lowest BCUT2D eigenvalue weighted by Crippen LogP contribution is -2.30. The van der Waals surface area contributed by atoms with Gasteiger partial charge in [-0.3, -0.25) is 9.69 Å². The van der Waals surface area contributed by atoms with Crippen LogP contribution in [0.3, 0.4) is 0 Å². The highest BCUT2D eigenvalue weighted by Crippen LogP contribution is 2.25. The molecule has 1 atom stereocenters. The van der Waals surface area contributed by atoms with Crippen molar-refractivity contribution in [2.24, 2.45) is 0 Å². The van der Waals surface area contributed by atoms with Crippen LogP contribution in [0.2, 0.25) is 0 Å². The van der Waals surface area contributed by atoms with Gasteiger partial charge in [0.25, 0.3) is 5.91 Å². The first-order valence-corrected chi connectivity index (χ1v) is 11.4. The molecular weight excluding hydrogens is 396 g/mol. The van der Waals surface area contributed by atoms with Crippen molar-refractivity contribution >= 4 is 5.91 Å². The van der Waals surface area contributed by atoms with Crippen LogP contribution in [0.4, 0.5) is 0 Å². The van der Waals surface area contributed by atoms with Gasteiger partial charge >= 0.3 is 0 Å². The smallest absolute Gasteiger partial charge is 0.251 e. The Morgan fingerprint density at radius 1 is 1.06 bits per heavy atom. The molecule has 1 N–H and O–H groups in total. The van der Waals surface area contributed by atoms with E-state index < -0.39 is 0 Å². The van der Waals surface area contributed by atoms with E-state index in [1.807, 2.05) is 31.2 Å². The van der Waals surface area contributed by atoms with Gasteiger partial charge in [-0.1, -0.05) is 55.5 Å². The summed E-state index contributed by atoms with van der Waals surface area (Å²) in [6.45, 7) is 7.07. The minimum atomic E-state index is -0.0382. The molecule has 0 radical (unpaired) electrons. The van der Waals surface area contributed by atoms with Crippen LogP contribution in [0.5, 0.6) is 5.75 Å². The van der Waals surface area contributed by atoms with E-state index in [2.05, 4.69) is 59.6 Å². The summed E-state index contributed by atoms with van der Waals surface area (Å²) in [5.41, 5.74) is 6.99. The van der Waals surface area contributed by atoms with Crippen molar-refractivity contribution in [3.63, 3.8) is 0 Å². The molecule has 1 aliphatic rings. The molecule has 166 valence electrons. The van der Waals surface area contributed by atoms with E-state index in [-0.39, 0.29) is 11.9 Å². The van der Waals surface area contributed by atoms with Gasteiger partial charge in [0.2, 0.25) is 0 Å². The monoisotopic (exact) mass is 428 g/mol. The lowest BCUT2D eigenvalue weighted by Gasteiger charge is -2.28. The standard InChI is InChI=1S/C28H32N2O2/c1-4-26(24-13-14-27(32-3)20(2)17-24)29-28(31)23-11-9-21(10-12-23)18-30-16-15-22-7-5-6-8-25(22)19-30/h5-14,17,26H,4,15-16,18-19H2,1-3H3,(H,29,31)/t26-/m1/s1. The fourth-order valence-electron chi connectivity index (χ4n) is 4.49. The lowest BCUT2D eigenvalue weighted by atomic mass is 9.99. The average molecular weight is 429 g/mol. The van der Waals surface area contributed by atoms with Gasteiger partial charge in [-0.25, -0.2) is 0 Å². The molecular formula is C28H32N2O2. The molecule has 0 saturated carbocycles. The van der Waals surface area contributed by atoms with Crippen LogP contribution in [-0.4, -0.2) is 24.5 Å². The van der Waals surface area contributed by atoms with Crippen LogP contribution in [0.25, 0.3) is 0 Å². The fourth-order valence-corrected chi connectivity index (χ4v) is 4.49. The minimum absolute atomic E-state index is 0.0276. The Bertz CT molecular complexity index is 1080. The van der Waals surface area contributed by atoms with E-state index in [0.29, 0.717) is 5.56 Å². The van der Waals surface area contributed by atoms with Crippen LogP contribution in [-0.2, 0) is 19.5 Å². The number of benzene rings is 3. The molecule has 0 aliphatic carbocycles. The Kier molecular flexibility index (Phi) is 6.91. The molecule has 4 nitrogen and oxygen atoms in total. The summed E-state index contributed by atoms with van der Waals surface area (Å²) < 4.78 is 5.36. The van der Waals surface area contributed by atoms with E-state index >= 15 is 0 Å². The van der Waals surface area contributed by atoms with Crippen molar-refractivity contribution in [3.05, 3.63) is 100 Å². The second kappa shape index (κ2) is 10.0. The number of rotatable bonds is 7. The van der Waals surface area contributed by atoms with Crippen molar-refractivity contribution in [1.29, 1.82) is 0 Å². The van der Waals surface area contributed by atoms with Crippen molar-refractivity contribution in [1.82, 2.24) is 10.2 Å². The number of fused-ring (bicyclic) bond motifs is 1. The van der Waals surface area contributed by atoms with Crippen molar-refractivity contribution in [2.45, 2.75) is 45.8 Å². The van der Waals surface area contributed by atoms with E-state index in [4.69, 9.17) is 4.74 Å². The first-order chi connectivity index (χ1) is 15.6. The van der Waals surface area contributed by atoms with Crippen LogP contribution in [0, 0.1) is 6.92 Å². The number of nitrogens with zero attached hydrogens (tertiary/aromatic N) is 1. The van der Waals surface area contributed by atoms with Crippen LogP contribution < -0.4 is 10.1 Å². The summed E-state index contributed by atoms with van der Waals surface area (Å²) in [6, 6.07) is 22.8. The number of aryl methyl sites for hydroxylation is 1. The van der Waals surface area contributed by atoms with Gasteiger partial charge < -0.3 is 10.1 Å². The van der Waals surface area contributed by atoms with Gasteiger partial charge in [0.05, 0.1) is 13.2 Å². The maximum atomic E-state index is 12.9. The molecule has 0 aromatic heterocycles. The Labute approximate surface area is 191 Å². The molecule has 1 heterocycles. The zero-order valence-corrected chi connectivity index (χ0v) is 19.2. The number of hydrogen-bond donors (Lipinski definition) is 1. The number of amides is 1. The number of methoxy groups -OCH3 is 1. The first kappa shape index (κ1) is 22.1. The summed E-state index contributed by atoms with van der Waals surface area (Å²) >= 11 is 0. The first-order valence-electron chi connectivity index (χ1n) is 11.4. The maximum absolute atomic E-state index is 12.9. The zero-order chi connectivity index (χ0) is 22.5. The maximum Gasteiger partial charge on any atom is 0.251 e. The van der Waals surface area contributed by atoms with Crippen molar-refractivity contribution in [2.75, 3.05) is 13.7 Å². The predicted octanol–water partition coefficient (Wildman–Crippen LogP) is 5.44. The largest absolute Gasteiger partial charge is 0.496 e. The van der Waals surface area contributed by atoms with Gasteiger partial charge in [-0.05, 0) is 65.8 Å². The summed E-state index contributed by atoms with van der Waals surface area (Å²) in [5.74, 6) is 0.825. The number of carbonyl (C=O) groups is 1. The Balaban J connectivity index is 1.38. The van der Waals surface area contributed by atoms with Gasteiger partial charge in [0.15, 0.2) is 0 Å². The molecule has 1 amide bonds. The topological polar surface area (TPSA) is 41.6 Å². The van der Waals surface area contributed by atoms with Gasteiger partial charge in [-0.15, -0.1) is 0 Å². The molecule has 4 rings (SSSR count). The van der Waals surface area contributed by atoms with Gasteiger partial charge in [0, 0.05) is 25.2 Å². The molecule has 0 bridgehead atoms. The summed E-state index contributed by atoms with van der Waals surface area (Å²) in [5, 5.41) is 3.19. The SMILES string of the molecule is CC[C@@H](NC(=O)c1ccc(CN2CCc3ccccc3C2)cc1)c1ccc(OC)c(C)c1. The number of nitrogens with one attached hydrogen (secondary N) is 1. The average Bonchev–Trinajstić information content (AvgIpc) is 2.82. The zero-order valence-electron chi connectivity index (χ0n) is 19.2. The van der Waals surface area contributed by atoms with E-state index in [9.17, 15) is 4.79 Å². The molecule has 0 unspecified atom stereocenters. The highest BCUT2D eigenvalue weighted by molar-refractivity contribution is 5.94. The minimum Gasteiger partial charge on any atom is -0.496 e. The number of hydrogen-bond acceptors (Lipinski definition) is 3. The highest BCUT2D eigenvalue weighted by Gasteiger charge is 2.17. The van der Waals surface area contributed by atoms with Crippen molar-refractivity contribution in [3.8, 4) is 5.75 Å². The molecule has 3 aromatic rings. The van der Waals surface area contributed by atoms with E-state index in [1.54, 1.807) is 7.11 Å². The summed E-state index contributed by atoms with van der Waals surface area (Å²) in [6.07, 6.45) is 1.92. The summed E-state index contributed by atoms with van der Waals surface area (Å²) in [7, 11) is 1.68. The molecule has 0 fully saturated rings. The van der Waals surface area contributed by atoms with Crippen LogP contribution in [0.15, 0.2) is 66.7 Å². The third-order valence-corrected chi connectivity index (χ3v) is 6.37. The molecule has 0 saturated heterocycles. The number of ether oxygens (including phenoxy) is 1. The highest BCUT2D eigenvalue weighted by atomic mass is 16.5. The predicted molar refractivity (Wildman–Crippen MR) is 129 cm³/mol.